The van der Waals surface area contributed by atoms with Crippen LogP contribution in [0.5, 0.6) is 0 Å². The minimum atomic E-state index is -4.85. The summed E-state index contributed by atoms with van der Waals surface area (Å²) in [6, 6.07) is 0. The lowest BCUT2D eigenvalue weighted by Crippen LogP contribution is -2.47. The Morgan fingerprint density at radius 3 is 1.57 bits per heavy atom. The Morgan fingerprint density at radius 2 is 1.36 bits per heavy atom. The van der Waals surface area contributed by atoms with Crippen LogP contribution in [0.1, 0.15) is 34.1 Å². The second kappa shape index (κ2) is 3.66. The van der Waals surface area contributed by atoms with Crippen molar-refractivity contribution in [3.8, 4) is 0 Å². The minimum absolute atomic E-state index is 0.000417. The van der Waals surface area contributed by atoms with E-state index in [1.807, 2.05) is 0 Å². The molecule has 0 heterocycles. The molecule has 86 valence electrons. The average molecular weight is 218 g/mol. The summed E-state index contributed by atoms with van der Waals surface area (Å²) in [5.41, 5.74) is -1.64. The minimum Gasteiger partial charge on any atom is -0.206 e. The second-order valence-electron chi connectivity index (χ2n) is 4.12. The largest absolute Gasteiger partial charge is 0.397 e. The molecule has 14 heavy (non-hydrogen) atoms. The number of halogens is 5. The third-order valence-corrected chi connectivity index (χ3v) is 2.82. The molecule has 0 saturated heterocycles. The summed E-state index contributed by atoms with van der Waals surface area (Å²) in [4.78, 5) is 0. The lowest BCUT2D eigenvalue weighted by Gasteiger charge is -2.38. The van der Waals surface area contributed by atoms with E-state index in [9.17, 15) is 22.0 Å². The van der Waals surface area contributed by atoms with E-state index in [0.29, 0.717) is 6.92 Å². The predicted octanol–water partition coefficient (Wildman–Crippen LogP) is 4.26. The molecule has 0 radical (unpaired) electrons. The third kappa shape index (κ3) is 2.36. The normalized spacial score (nSPS) is 16.9. The van der Waals surface area contributed by atoms with Crippen molar-refractivity contribution in [2.45, 2.75) is 46.2 Å². The van der Waals surface area contributed by atoms with E-state index >= 15 is 0 Å². The average Bonchev–Trinajstić information content (AvgIpc) is 2.01. The highest BCUT2D eigenvalue weighted by molar-refractivity contribution is 4.91. The molecule has 0 aliphatic carbocycles. The van der Waals surface area contributed by atoms with Gasteiger partial charge in [0.15, 0.2) is 0 Å². The summed E-state index contributed by atoms with van der Waals surface area (Å²) in [7, 11) is 0. The maximum atomic E-state index is 13.4. The van der Waals surface area contributed by atoms with Crippen LogP contribution >= 0.6 is 0 Å². The first-order valence-corrected chi connectivity index (χ1v) is 4.41. The fraction of sp³-hybridized carbons (Fsp3) is 1.00. The highest BCUT2D eigenvalue weighted by Gasteiger charge is 2.59. The highest BCUT2D eigenvalue weighted by Crippen LogP contribution is 2.49. The fourth-order valence-electron chi connectivity index (χ4n) is 1.03. The Morgan fingerprint density at radius 1 is 1.00 bits per heavy atom. The van der Waals surface area contributed by atoms with E-state index in [2.05, 4.69) is 0 Å². The van der Waals surface area contributed by atoms with Gasteiger partial charge in [-0.25, -0.2) is 8.78 Å². The molecule has 0 spiro atoms. The topological polar surface area (TPSA) is 0 Å². The van der Waals surface area contributed by atoms with Crippen molar-refractivity contribution in [1.29, 1.82) is 0 Å². The Labute approximate surface area is 80.5 Å². The summed E-state index contributed by atoms with van der Waals surface area (Å²) in [6.45, 7) is 4.28. The number of hydrogen-bond acceptors (Lipinski definition) is 0. The van der Waals surface area contributed by atoms with E-state index in [4.69, 9.17) is 0 Å². The summed E-state index contributed by atoms with van der Waals surface area (Å²) < 4.78 is 63.1. The molecular formula is C9H15F5. The Bertz CT molecular complexity index is 192. The van der Waals surface area contributed by atoms with Crippen LogP contribution in [0.4, 0.5) is 22.0 Å². The molecule has 0 aliphatic heterocycles. The molecule has 0 rings (SSSR count). The van der Waals surface area contributed by atoms with Gasteiger partial charge in [0.2, 0.25) is 0 Å². The van der Waals surface area contributed by atoms with E-state index in [1.54, 1.807) is 0 Å². The van der Waals surface area contributed by atoms with Crippen LogP contribution in [0, 0.1) is 11.3 Å². The summed E-state index contributed by atoms with van der Waals surface area (Å²) in [5.74, 6) is -6.34. The molecule has 5 heteroatoms. The van der Waals surface area contributed by atoms with Crippen LogP contribution in [0.2, 0.25) is 0 Å². The quantitative estimate of drug-likeness (QED) is 0.621. The van der Waals surface area contributed by atoms with Crippen molar-refractivity contribution in [1.82, 2.24) is 0 Å². The molecule has 0 amide bonds. The molecule has 0 nitrogen and oxygen atoms in total. The van der Waals surface area contributed by atoms with E-state index in [0.717, 1.165) is 13.8 Å². The van der Waals surface area contributed by atoms with Crippen LogP contribution in [0.15, 0.2) is 0 Å². The third-order valence-electron chi connectivity index (χ3n) is 2.82. The van der Waals surface area contributed by atoms with Gasteiger partial charge in [0.05, 0.1) is 0 Å². The van der Waals surface area contributed by atoms with Gasteiger partial charge in [-0.2, -0.15) is 13.2 Å². The molecule has 0 N–H and O–H groups in total. The monoisotopic (exact) mass is 218 g/mol. The van der Waals surface area contributed by atoms with Crippen LogP contribution in [0.25, 0.3) is 0 Å². The standard InChI is InChI=1S/C9H15F5/c1-5-7(3,4)8(10,11)6(2)9(12,13)14/h6H,5H2,1-4H3. The first-order valence-electron chi connectivity index (χ1n) is 4.41. The molecular weight excluding hydrogens is 203 g/mol. The molecule has 1 unspecified atom stereocenters. The Hall–Kier alpha value is -0.350. The highest BCUT2D eigenvalue weighted by atomic mass is 19.4. The van der Waals surface area contributed by atoms with Gasteiger partial charge in [0.25, 0.3) is 5.92 Å². The number of alkyl halides is 5. The molecule has 0 aromatic heterocycles. The summed E-state index contributed by atoms with van der Waals surface area (Å²) in [6.07, 6.45) is -4.85. The fourth-order valence-corrected chi connectivity index (χ4v) is 1.03. The van der Waals surface area contributed by atoms with Crippen LogP contribution in [0.3, 0.4) is 0 Å². The lowest BCUT2D eigenvalue weighted by molar-refractivity contribution is -0.264. The summed E-state index contributed by atoms with van der Waals surface area (Å²) >= 11 is 0. The summed E-state index contributed by atoms with van der Waals surface area (Å²) in [5, 5.41) is 0. The van der Waals surface area contributed by atoms with Crippen molar-refractivity contribution in [3.63, 3.8) is 0 Å². The first-order chi connectivity index (χ1) is 5.97. The van der Waals surface area contributed by atoms with Crippen molar-refractivity contribution < 1.29 is 22.0 Å². The number of rotatable bonds is 3. The van der Waals surface area contributed by atoms with Gasteiger partial charge in [-0.3, -0.25) is 0 Å². The van der Waals surface area contributed by atoms with Crippen molar-refractivity contribution in [2.24, 2.45) is 11.3 Å². The van der Waals surface area contributed by atoms with Gasteiger partial charge in [0, 0.05) is 5.41 Å². The van der Waals surface area contributed by atoms with Crippen molar-refractivity contribution in [2.75, 3.05) is 0 Å². The molecule has 1 atom stereocenters. The predicted molar refractivity (Wildman–Crippen MR) is 44.2 cm³/mol. The van der Waals surface area contributed by atoms with E-state index in [-0.39, 0.29) is 6.42 Å². The zero-order chi connectivity index (χ0) is 11.8. The van der Waals surface area contributed by atoms with Crippen LogP contribution < -0.4 is 0 Å². The van der Waals surface area contributed by atoms with E-state index in [1.165, 1.54) is 6.92 Å². The van der Waals surface area contributed by atoms with E-state index < -0.39 is 23.4 Å². The lowest BCUT2D eigenvalue weighted by atomic mass is 9.77. The number of hydrogen-bond donors (Lipinski definition) is 0. The van der Waals surface area contributed by atoms with Gasteiger partial charge < -0.3 is 0 Å². The van der Waals surface area contributed by atoms with Crippen molar-refractivity contribution >= 4 is 0 Å². The Kier molecular flexibility index (Phi) is 3.57. The zero-order valence-electron chi connectivity index (χ0n) is 8.67. The van der Waals surface area contributed by atoms with Gasteiger partial charge in [-0.05, 0) is 13.3 Å². The molecule has 0 fully saturated rings. The van der Waals surface area contributed by atoms with Crippen LogP contribution in [-0.2, 0) is 0 Å². The maximum absolute atomic E-state index is 13.4. The smallest absolute Gasteiger partial charge is 0.206 e. The molecule has 0 aliphatic rings. The van der Waals surface area contributed by atoms with Gasteiger partial charge in [-0.1, -0.05) is 20.8 Å². The first kappa shape index (κ1) is 13.7. The Balaban J connectivity index is 4.96. The maximum Gasteiger partial charge on any atom is 0.397 e. The molecule has 0 bridgehead atoms. The molecule has 0 aromatic carbocycles. The molecule has 0 aromatic rings. The van der Waals surface area contributed by atoms with Crippen LogP contribution in [-0.4, -0.2) is 12.1 Å². The van der Waals surface area contributed by atoms with Crippen molar-refractivity contribution in [3.05, 3.63) is 0 Å². The zero-order valence-corrected chi connectivity index (χ0v) is 8.67. The molecule has 0 saturated carbocycles. The van der Waals surface area contributed by atoms with Gasteiger partial charge in [-0.15, -0.1) is 0 Å². The van der Waals surface area contributed by atoms with Gasteiger partial charge in [0.1, 0.15) is 5.92 Å². The van der Waals surface area contributed by atoms with Gasteiger partial charge >= 0.3 is 6.18 Å². The second-order valence-corrected chi connectivity index (χ2v) is 4.12. The SMILES string of the molecule is CCC(C)(C)C(F)(F)C(C)C(F)(F)F.